The van der Waals surface area contributed by atoms with Gasteiger partial charge in [0.2, 0.25) is 5.91 Å². The molecule has 2 aromatic rings. The maximum Gasteiger partial charge on any atom is 0.222 e. The van der Waals surface area contributed by atoms with Gasteiger partial charge in [-0.1, -0.05) is 0 Å². The number of ketones is 1. The summed E-state index contributed by atoms with van der Waals surface area (Å²) in [5.74, 6) is -0.746. The summed E-state index contributed by atoms with van der Waals surface area (Å²) in [7, 11) is 0. The minimum absolute atomic E-state index is 0.0328. The number of H-pyrrole nitrogens is 1. The van der Waals surface area contributed by atoms with Crippen molar-refractivity contribution in [1.82, 2.24) is 9.88 Å². The first-order valence-corrected chi connectivity index (χ1v) is 10.9. The largest absolute Gasteiger partial charge is 0.381 e. The van der Waals surface area contributed by atoms with E-state index in [1.54, 1.807) is 0 Å². The van der Waals surface area contributed by atoms with Gasteiger partial charge in [0.15, 0.2) is 5.78 Å². The van der Waals surface area contributed by atoms with Crippen LogP contribution in [0.4, 0.5) is 0 Å². The standard InChI is InChI=1S/C23H29N3O3/c24-23(28)17-7-10-26(15-8-11-29-12-9-15)21(17)22(27)14-5-6-20-18(13-14)16-3-1-2-4-19(16)25-20/h5-6,13,15,17,21,25H,1-4,7-12H2,(H2,24,28). The molecule has 1 aromatic carbocycles. The van der Waals surface area contributed by atoms with Crippen LogP contribution in [0.15, 0.2) is 18.2 Å². The van der Waals surface area contributed by atoms with Crippen molar-refractivity contribution < 1.29 is 14.3 Å². The van der Waals surface area contributed by atoms with Crippen LogP contribution in [0.2, 0.25) is 0 Å². The molecule has 3 N–H and O–H groups in total. The molecule has 0 bridgehead atoms. The molecule has 2 unspecified atom stereocenters. The van der Waals surface area contributed by atoms with Crippen LogP contribution < -0.4 is 5.73 Å². The summed E-state index contributed by atoms with van der Waals surface area (Å²) in [6.45, 7) is 2.17. The second kappa shape index (κ2) is 7.58. The first kappa shape index (κ1) is 18.8. The van der Waals surface area contributed by atoms with Gasteiger partial charge in [0.05, 0.1) is 12.0 Å². The van der Waals surface area contributed by atoms with Gasteiger partial charge in [0, 0.05) is 48.0 Å². The summed E-state index contributed by atoms with van der Waals surface area (Å²) in [5.41, 5.74) is 10.2. The Hall–Kier alpha value is -2.18. The third-order valence-corrected chi connectivity index (χ3v) is 7.11. The third-order valence-electron chi connectivity index (χ3n) is 7.11. The molecule has 3 aliphatic rings. The molecular formula is C23H29N3O3. The highest BCUT2D eigenvalue weighted by atomic mass is 16.5. The highest BCUT2D eigenvalue weighted by molar-refractivity contribution is 6.05. The van der Waals surface area contributed by atoms with Crippen molar-refractivity contribution in [2.45, 2.75) is 57.0 Å². The molecule has 154 valence electrons. The van der Waals surface area contributed by atoms with E-state index in [0.717, 1.165) is 43.1 Å². The number of carbonyl (C=O) groups is 2. The van der Waals surface area contributed by atoms with E-state index in [-0.39, 0.29) is 17.7 Å². The SMILES string of the molecule is NC(=O)C1CCN(C2CCOCC2)C1C(=O)c1ccc2[nH]c3c(c2c1)CCCC3. The summed E-state index contributed by atoms with van der Waals surface area (Å²) in [4.78, 5) is 31.6. The van der Waals surface area contributed by atoms with Gasteiger partial charge in [-0.05, 0) is 68.7 Å². The fourth-order valence-corrected chi connectivity index (χ4v) is 5.60. The molecule has 29 heavy (non-hydrogen) atoms. The van der Waals surface area contributed by atoms with Crippen LogP contribution in [-0.4, -0.2) is 53.4 Å². The smallest absolute Gasteiger partial charge is 0.222 e. The maximum atomic E-state index is 13.7. The van der Waals surface area contributed by atoms with Gasteiger partial charge < -0.3 is 15.5 Å². The summed E-state index contributed by atoms with van der Waals surface area (Å²) in [5, 5.41) is 1.16. The molecule has 6 heteroatoms. The molecule has 1 aliphatic carbocycles. The fraction of sp³-hybridized carbons (Fsp3) is 0.565. The average Bonchev–Trinajstić information content (AvgIpc) is 3.35. The summed E-state index contributed by atoms with van der Waals surface area (Å²) >= 11 is 0. The number of nitrogens with two attached hydrogens (primary N) is 1. The predicted octanol–water partition coefficient (Wildman–Crippen LogP) is 2.58. The van der Waals surface area contributed by atoms with E-state index in [1.807, 2.05) is 18.2 Å². The number of nitrogens with one attached hydrogen (secondary N) is 1. The molecule has 2 atom stereocenters. The quantitative estimate of drug-likeness (QED) is 0.779. The van der Waals surface area contributed by atoms with Gasteiger partial charge in [0.25, 0.3) is 0 Å². The van der Waals surface area contributed by atoms with Gasteiger partial charge in [-0.2, -0.15) is 0 Å². The third kappa shape index (κ3) is 3.28. The molecular weight excluding hydrogens is 366 g/mol. The number of hydrogen-bond donors (Lipinski definition) is 2. The molecule has 0 saturated carbocycles. The monoisotopic (exact) mass is 395 g/mol. The number of nitrogens with zero attached hydrogens (tertiary/aromatic N) is 1. The molecule has 5 rings (SSSR count). The Morgan fingerprint density at radius 3 is 2.69 bits per heavy atom. The molecule has 0 radical (unpaired) electrons. The number of amides is 1. The molecule has 2 aliphatic heterocycles. The van der Waals surface area contributed by atoms with E-state index in [1.165, 1.54) is 24.1 Å². The van der Waals surface area contributed by atoms with Crippen LogP contribution in [0, 0.1) is 5.92 Å². The van der Waals surface area contributed by atoms with Crippen molar-refractivity contribution in [2.75, 3.05) is 19.8 Å². The summed E-state index contributed by atoms with van der Waals surface area (Å²) in [6.07, 6.45) is 7.02. The number of aromatic amines is 1. The van der Waals surface area contributed by atoms with Crippen LogP contribution in [0.5, 0.6) is 0 Å². The van der Waals surface area contributed by atoms with E-state index < -0.39 is 12.0 Å². The Morgan fingerprint density at radius 1 is 1.10 bits per heavy atom. The first-order chi connectivity index (χ1) is 14.1. The summed E-state index contributed by atoms with van der Waals surface area (Å²) in [6, 6.07) is 5.80. The molecule has 0 spiro atoms. The topological polar surface area (TPSA) is 88.4 Å². The number of aryl methyl sites for hydroxylation is 2. The van der Waals surface area contributed by atoms with Crippen LogP contribution >= 0.6 is 0 Å². The molecule has 2 fully saturated rings. The number of rotatable bonds is 4. The van der Waals surface area contributed by atoms with E-state index in [2.05, 4.69) is 9.88 Å². The Bertz CT molecular complexity index is 944. The lowest BCUT2D eigenvalue weighted by atomic mass is 9.90. The second-order valence-corrected chi connectivity index (χ2v) is 8.74. The fourth-order valence-electron chi connectivity index (χ4n) is 5.60. The van der Waals surface area contributed by atoms with Gasteiger partial charge in [-0.3, -0.25) is 14.5 Å². The molecule has 3 heterocycles. The minimum atomic E-state index is -0.456. The van der Waals surface area contributed by atoms with Crippen molar-refractivity contribution >= 4 is 22.6 Å². The Kier molecular flexibility index (Phi) is 4.92. The summed E-state index contributed by atoms with van der Waals surface area (Å²) < 4.78 is 5.50. The number of ether oxygens (including phenoxy) is 1. The first-order valence-electron chi connectivity index (χ1n) is 10.9. The van der Waals surface area contributed by atoms with Crippen LogP contribution in [0.1, 0.15) is 53.7 Å². The molecule has 2 saturated heterocycles. The maximum absolute atomic E-state index is 13.7. The minimum Gasteiger partial charge on any atom is -0.381 e. The highest BCUT2D eigenvalue weighted by Crippen LogP contribution is 2.34. The number of Topliss-reactive ketones (excluding diaryl/α,β-unsaturated/α-hetero) is 1. The number of primary amides is 1. The Balaban J connectivity index is 1.50. The van der Waals surface area contributed by atoms with Gasteiger partial charge in [-0.25, -0.2) is 0 Å². The Morgan fingerprint density at radius 2 is 1.90 bits per heavy atom. The lowest BCUT2D eigenvalue weighted by Crippen LogP contribution is -2.49. The number of benzene rings is 1. The number of carbonyl (C=O) groups excluding carboxylic acids is 2. The van der Waals surface area contributed by atoms with Crippen molar-refractivity contribution in [3.8, 4) is 0 Å². The van der Waals surface area contributed by atoms with E-state index in [9.17, 15) is 9.59 Å². The average molecular weight is 396 g/mol. The number of aromatic nitrogens is 1. The zero-order chi connectivity index (χ0) is 20.0. The lowest BCUT2D eigenvalue weighted by Gasteiger charge is -2.35. The van der Waals surface area contributed by atoms with Crippen molar-refractivity contribution in [3.63, 3.8) is 0 Å². The zero-order valence-electron chi connectivity index (χ0n) is 16.8. The van der Waals surface area contributed by atoms with Crippen molar-refractivity contribution in [3.05, 3.63) is 35.0 Å². The second-order valence-electron chi connectivity index (χ2n) is 8.74. The Labute approximate surface area is 170 Å². The normalized spacial score (nSPS) is 25.9. The van der Waals surface area contributed by atoms with Crippen molar-refractivity contribution in [1.29, 1.82) is 0 Å². The number of hydrogen-bond acceptors (Lipinski definition) is 4. The van der Waals surface area contributed by atoms with Crippen LogP contribution in [0.25, 0.3) is 10.9 Å². The molecule has 1 amide bonds. The molecule has 6 nitrogen and oxygen atoms in total. The predicted molar refractivity (Wildman–Crippen MR) is 111 cm³/mol. The van der Waals surface area contributed by atoms with Gasteiger partial charge in [0.1, 0.15) is 0 Å². The van der Waals surface area contributed by atoms with E-state index >= 15 is 0 Å². The van der Waals surface area contributed by atoms with E-state index in [4.69, 9.17) is 10.5 Å². The van der Waals surface area contributed by atoms with Gasteiger partial charge >= 0.3 is 0 Å². The van der Waals surface area contributed by atoms with Crippen LogP contribution in [-0.2, 0) is 22.4 Å². The van der Waals surface area contributed by atoms with Crippen LogP contribution in [0.3, 0.4) is 0 Å². The zero-order valence-corrected chi connectivity index (χ0v) is 16.8. The highest BCUT2D eigenvalue weighted by Gasteiger charge is 2.45. The molecule has 1 aromatic heterocycles. The van der Waals surface area contributed by atoms with Crippen molar-refractivity contribution in [2.24, 2.45) is 11.7 Å². The number of likely N-dealkylation sites (tertiary alicyclic amines) is 1. The lowest BCUT2D eigenvalue weighted by molar-refractivity contribution is -0.122. The van der Waals surface area contributed by atoms with E-state index in [0.29, 0.717) is 25.2 Å². The number of fused-ring (bicyclic) bond motifs is 3. The van der Waals surface area contributed by atoms with Gasteiger partial charge in [-0.15, -0.1) is 0 Å².